The molecule has 2 aromatic carbocycles. The molecule has 0 saturated carbocycles. The summed E-state index contributed by atoms with van der Waals surface area (Å²) in [6.07, 6.45) is 0.169. The van der Waals surface area contributed by atoms with Crippen molar-refractivity contribution in [2.45, 2.75) is 45.4 Å². The van der Waals surface area contributed by atoms with Crippen LogP contribution in [0, 0.1) is 11.6 Å². The number of aliphatic hydroxyl groups is 1. The van der Waals surface area contributed by atoms with Crippen LogP contribution in [0.25, 0.3) is 0 Å². The van der Waals surface area contributed by atoms with E-state index in [0.29, 0.717) is 12.1 Å². The Hall–Kier alpha value is -2.31. The van der Waals surface area contributed by atoms with Crippen LogP contribution in [-0.4, -0.2) is 29.7 Å². The molecule has 4 nitrogen and oxygen atoms in total. The van der Waals surface area contributed by atoms with Crippen LogP contribution in [0.3, 0.4) is 0 Å². The van der Waals surface area contributed by atoms with Crippen LogP contribution < -0.4 is 10.6 Å². The van der Waals surface area contributed by atoms with Gasteiger partial charge in [-0.2, -0.15) is 0 Å². The Kier molecular flexibility index (Phi) is 7.88. The van der Waals surface area contributed by atoms with Gasteiger partial charge in [-0.1, -0.05) is 31.2 Å². The molecule has 6 heteroatoms. The summed E-state index contributed by atoms with van der Waals surface area (Å²) in [5.74, 6) is -1.68. The SMILES string of the molecule is CCc1cccc(CNC[C@H](O)[C@H](Cc2cc(F)cc(F)c2)NC(C)=O)c1. The number of rotatable bonds is 9. The van der Waals surface area contributed by atoms with E-state index >= 15 is 0 Å². The van der Waals surface area contributed by atoms with Gasteiger partial charge in [0, 0.05) is 26.1 Å². The topological polar surface area (TPSA) is 61.4 Å². The summed E-state index contributed by atoms with van der Waals surface area (Å²) in [6.45, 7) is 4.24. The van der Waals surface area contributed by atoms with Crippen molar-refractivity contribution in [3.63, 3.8) is 0 Å². The van der Waals surface area contributed by atoms with Crippen LogP contribution >= 0.6 is 0 Å². The van der Waals surface area contributed by atoms with Crippen molar-refractivity contribution in [3.05, 3.63) is 70.8 Å². The van der Waals surface area contributed by atoms with E-state index < -0.39 is 23.8 Å². The normalized spacial score (nSPS) is 13.2. The summed E-state index contributed by atoms with van der Waals surface area (Å²) in [6, 6.07) is 10.7. The van der Waals surface area contributed by atoms with Crippen molar-refractivity contribution in [2.75, 3.05) is 6.54 Å². The lowest BCUT2D eigenvalue weighted by Crippen LogP contribution is -2.48. The maximum absolute atomic E-state index is 13.4. The van der Waals surface area contributed by atoms with E-state index in [4.69, 9.17) is 0 Å². The zero-order chi connectivity index (χ0) is 19.8. The number of halogens is 2. The standard InChI is InChI=1S/C21H26F2N2O2/c1-3-15-5-4-6-16(7-15)12-24-13-21(27)20(25-14(2)26)10-17-8-18(22)11-19(23)9-17/h4-9,11,20-21,24,27H,3,10,12-13H2,1-2H3,(H,25,26)/t20-,21-/m0/s1. The van der Waals surface area contributed by atoms with Crippen LogP contribution in [0.15, 0.2) is 42.5 Å². The van der Waals surface area contributed by atoms with E-state index in [2.05, 4.69) is 29.7 Å². The van der Waals surface area contributed by atoms with Gasteiger partial charge in [0.2, 0.25) is 5.91 Å². The monoisotopic (exact) mass is 376 g/mol. The molecular formula is C21H26F2N2O2. The molecule has 0 spiro atoms. The Balaban J connectivity index is 1.96. The van der Waals surface area contributed by atoms with Gasteiger partial charge in [-0.25, -0.2) is 8.78 Å². The van der Waals surface area contributed by atoms with Gasteiger partial charge in [0.05, 0.1) is 12.1 Å². The molecule has 0 bridgehead atoms. The predicted molar refractivity (Wildman–Crippen MR) is 101 cm³/mol. The van der Waals surface area contributed by atoms with E-state index in [1.165, 1.54) is 24.6 Å². The molecular weight excluding hydrogens is 350 g/mol. The molecule has 0 heterocycles. The van der Waals surface area contributed by atoms with Crippen molar-refractivity contribution in [3.8, 4) is 0 Å². The summed E-state index contributed by atoms with van der Waals surface area (Å²) in [5.41, 5.74) is 2.71. The van der Waals surface area contributed by atoms with Crippen molar-refractivity contribution >= 4 is 5.91 Å². The highest BCUT2D eigenvalue weighted by molar-refractivity contribution is 5.73. The molecule has 146 valence electrons. The van der Waals surface area contributed by atoms with Gasteiger partial charge in [0.1, 0.15) is 11.6 Å². The molecule has 0 aliphatic heterocycles. The summed E-state index contributed by atoms with van der Waals surface area (Å²) in [7, 11) is 0. The van der Waals surface area contributed by atoms with Crippen LogP contribution in [0.2, 0.25) is 0 Å². The number of amides is 1. The van der Waals surface area contributed by atoms with Crippen LogP contribution in [0.5, 0.6) is 0 Å². The lowest BCUT2D eigenvalue weighted by molar-refractivity contribution is -0.120. The molecule has 3 N–H and O–H groups in total. The molecule has 0 saturated heterocycles. The van der Waals surface area contributed by atoms with Crippen molar-refractivity contribution in [1.82, 2.24) is 10.6 Å². The van der Waals surface area contributed by atoms with E-state index in [-0.39, 0.29) is 18.9 Å². The van der Waals surface area contributed by atoms with Crippen molar-refractivity contribution in [2.24, 2.45) is 0 Å². The van der Waals surface area contributed by atoms with E-state index in [0.717, 1.165) is 18.1 Å². The predicted octanol–water partition coefficient (Wildman–Crippen LogP) is 2.73. The highest BCUT2D eigenvalue weighted by atomic mass is 19.1. The molecule has 0 aliphatic carbocycles. The Labute approximate surface area is 158 Å². The Bertz CT molecular complexity index is 747. The average molecular weight is 376 g/mol. The number of aliphatic hydroxyl groups excluding tert-OH is 1. The molecule has 2 aromatic rings. The first-order valence-electron chi connectivity index (χ1n) is 9.06. The van der Waals surface area contributed by atoms with Crippen molar-refractivity contribution < 1.29 is 18.7 Å². The van der Waals surface area contributed by atoms with Crippen LogP contribution in [0.1, 0.15) is 30.5 Å². The first-order chi connectivity index (χ1) is 12.9. The maximum Gasteiger partial charge on any atom is 0.217 e. The molecule has 27 heavy (non-hydrogen) atoms. The fourth-order valence-corrected chi connectivity index (χ4v) is 2.99. The third-order valence-electron chi connectivity index (χ3n) is 4.31. The molecule has 0 radical (unpaired) electrons. The van der Waals surface area contributed by atoms with Gasteiger partial charge < -0.3 is 15.7 Å². The summed E-state index contributed by atoms with van der Waals surface area (Å²) < 4.78 is 26.8. The van der Waals surface area contributed by atoms with Gasteiger partial charge in [-0.3, -0.25) is 4.79 Å². The lowest BCUT2D eigenvalue weighted by Gasteiger charge is -2.24. The van der Waals surface area contributed by atoms with E-state index in [9.17, 15) is 18.7 Å². The van der Waals surface area contributed by atoms with Gasteiger partial charge in [0.15, 0.2) is 0 Å². The quantitative estimate of drug-likeness (QED) is 0.631. The molecule has 2 rings (SSSR count). The second-order valence-electron chi connectivity index (χ2n) is 6.66. The second-order valence-corrected chi connectivity index (χ2v) is 6.66. The molecule has 1 amide bonds. The summed E-state index contributed by atoms with van der Waals surface area (Å²) in [4.78, 5) is 11.5. The maximum atomic E-state index is 13.4. The number of nitrogens with one attached hydrogen (secondary N) is 2. The fourth-order valence-electron chi connectivity index (χ4n) is 2.99. The smallest absolute Gasteiger partial charge is 0.217 e. The van der Waals surface area contributed by atoms with Gasteiger partial charge in [-0.05, 0) is 41.7 Å². The number of benzene rings is 2. The van der Waals surface area contributed by atoms with E-state index in [1.807, 2.05) is 12.1 Å². The van der Waals surface area contributed by atoms with Gasteiger partial charge >= 0.3 is 0 Å². The zero-order valence-electron chi connectivity index (χ0n) is 15.6. The fraction of sp³-hybridized carbons (Fsp3) is 0.381. The first kappa shape index (κ1) is 21.0. The summed E-state index contributed by atoms with van der Waals surface area (Å²) >= 11 is 0. The Morgan fingerprint density at radius 3 is 2.37 bits per heavy atom. The molecule has 0 fully saturated rings. The minimum atomic E-state index is -0.908. The summed E-state index contributed by atoms with van der Waals surface area (Å²) in [5, 5.41) is 16.3. The number of aryl methyl sites for hydroxylation is 1. The number of carbonyl (C=O) groups is 1. The molecule has 0 unspecified atom stereocenters. The third-order valence-corrected chi connectivity index (χ3v) is 4.31. The minimum absolute atomic E-state index is 0.127. The minimum Gasteiger partial charge on any atom is -0.390 e. The van der Waals surface area contributed by atoms with Gasteiger partial charge in [-0.15, -0.1) is 0 Å². The number of carbonyl (C=O) groups excluding carboxylic acids is 1. The zero-order valence-corrected chi connectivity index (χ0v) is 15.6. The van der Waals surface area contributed by atoms with Crippen LogP contribution in [0.4, 0.5) is 8.78 Å². The highest BCUT2D eigenvalue weighted by Gasteiger charge is 2.21. The molecule has 2 atom stereocenters. The first-order valence-corrected chi connectivity index (χ1v) is 9.06. The average Bonchev–Trinajstić information content (AvgIpc) is 2.60. The number of hydrogen-bond donors (Lipinski definition) is 3. The largest absolute Gasteiger partial charge is 0.390 e. The lowest BCUT2D eigenvalue weighted by atomic mass is 10.0. The second kappa shape index (κ2) is 10.1. The van der Waals surface area contributed by atoms with E-state index in [1.54, 1.807) is 0 Å². The Morgan fingerprint density at radius 1 is 1.07 bits per heavy atom. The molecule has 0 aliphatic rings. The highest BCUT2D eigenvalue weighted by Crippen LogP contribution is 2.12. The third kappa shape index (κ3) is 7.07. The Morgan fingerprint density at radius 2 is 1.74 bits per heavy atom. The van der Waals surface area contributed by atoms with Crippen LogP contribution in [-0.2, 0) is 24.2 Å². The van der Waals surface area contributed by atoms with Crippen molar-refractivity contribution in [1.29, 1.82) is 0 Å². The van der Waals surface area contributed by atoms with Gasteiger partial charge in [0.25, 0.3) is 0 Å². The molecule has 0 aromatic heterocycles. The number of hydrogen-bond acceptors (Lipinski definition) is 3.